The van der Waals surface area contributed by atoms with Crippen LogP contribution in [0.4, 0.5) is 5.69 Å². The molecule has 1 N–H and O–H groups in total. The fourth-order valence-electron chi connectivity index (χ4n) is 3.06. The third kappa shape index (κ3) is 4.35. The summed E-state index contributed by atoms with van der Waals surface area (Å²) in [6.07, 6.45) is 1.62. The van der Waals surface area contributed by atoms with E-state index in [1.807, 2.05) is 30.3 Å². The zero-order valence-corrected chi connectivity index (χ0v) is 20.0. The van der Waals surface area contributed by atoms with Gasteiger partial charge in [-0.25, -0.2) is 4.98 Å². The second-order valence-electron chi connectivity index (χ2n) is 8.08. The Morgan fingerprint density at radius 1 is 1.00 bits per heavy atom. The first kappa shape index (κ1) is 20.8. The molecule has 6 heteroatoms. The summed E-state index contributed by atoms with van der Waals surface area (Å²) in [4.78, 5) is 9.08. The lowest BCUT2D eigenvalue weighted by Gasteiger charge is -2.18. The summed E-state index contributed by atoms with van der Waals surface area (Å²) in [6, 6.07) is 17.5. The van der Waals surface area contributed by atoms with E-state index in [4.69, 9.17) is 4.42 Å². The van der Waals surface area contributed by atoms with E-state index in [0.717, 1.165) is 15.6 Å². The second-order valence-corrected chi connectivity index (χ2v) is 9.85. The lowest BCUT2D eigenvalue weighted by atomic mass is 9.87. The van der Waals surface area contributed by atoms with Gasteiger partial charge in [0, 0.05) is 27.9 Å². The van der Waals surface area contributed by atoms with Gasteiger partial charge in [-0.2, -0.15) is 0 Å². The molecule has 4 nitrogen and oxygen atoms in total. The highest BCUT2D eigenvalue weighted by Crippen LogP contribution is 2.32. The summed E-state index contributed by atoms with van der Waals surface area (Å²) >= 11 is 6.75. The largest absolute Gasteiger partial charge is 0.506 e. The fourth-order valence-corrected chi connectivity index (χ4v) is 4.32. The predicted molar refractivity (Wildman–Crippen MR) is 129 cm³/mol. The van der Waals surface area contributed by atoms with Crippen molar-refractivity contribution < 1.29 is 9.52 Å². The maximum Gasteiger partial charge on any atom is 0.227 e. The van der Waals surface area contributed by atoms with Gasteiger partial charge in [0.25, 0.3) is 0 Å². The van der Waals surface area contributed by atoms with Crippen LogP contribution in [0.5, 0.6) is 5.75 Å². The van der Waals surface area contributed by atoms with Crippen LogP contribution in [0, 0.1) is 0 Å². The molecule has 1 heterocycles. The van der Waals surface area contributed by atoms with Crippen molar-refractivity contribution >= 4 is 54.9 Å². The fraction of sp³-hybridized carbons (Fsp3) is 0.167. The Balaban J connectivity index is 1.63. The number of halogens is 2. The molecule has 1 aromatic heterocycles. The summed E-state index contributed by atoms with van der Waals surface area (Å²) in [5.74, 6) is 0.726. The van der Waals surface area contributed by atoms with E-state index in [9.17, 15) is 5.11 Å². The van der Waals surface area contributed by atoms with E-state index < -0.39 is 0 Å². The van der Waals surface area contributed by atoms with Crippen molar-refractivity contribution in [2.45, 2.75) is 26.2 Å². The molecule has 0 radical (unpaired) electrons. The maximum atomic E-state index is 10.2. The van der Waals surface area contributed by atoms with Crippen molar-refractivity contribution in [3.8, 4) is 17.2 Å². The van der Waals surface area contributed by atoms with Gasteiger partial charge in [-0.15, -0.1) is 0 Å². The summed E-state index contributed by atoms with van der Waals surface area (Å²) in [5, 5.41) is 10.2. The molecule has 3 aromatic carbocycles. The zero-order chi connectivity index (χ0) is 21.5. The van der Waals surface area contributed by atoms with Crippen molar-refractivity contribution in [3.63, 3.8) is 0 Å². The van der Waals surface area contributed by atoms with Gasteiger partial charge < -0.3 is 9.52 Å². The van der Waals surface area contributed by atoms with Crippen LogP contribution in [0.3, 0.4) is 0 Å². The average Bonchev–Trinajstić information content (AvgIpc) is 3.12. The highest BCUT2D eigenvalue weighted by molar-refractivity contribution is 9.11. The molecule has 0 bridgehead atoms. The molecule has 30 heavy (non-hydrogen) atoms. The van der Waals surface area contributed by atoms with Crippen LogP contribution in [0.1, 0.15) is 31.9 Å². The van der Waals surface area contributed by atoms with E-state index in [0.29, 0.717) is 27.2 Å². The standard InChI is InChI=1S/C24H20Br2N2O2/c1-24(2,3)16-6-4-14(5-7-16)23-28-20-9-8-18(12-21(20)30-23)27-13-15-10-17(25)11-19(26)22(15)29/h4-13,29H,1-3H3. The first-order valence-corrected chi connectivity index (χ1v) is 11.0. The number of nitrogens with zero attached hydrogens (tertiary/aromatic N) is 2. The Kier molecular flexibility index (Phi) is 5.55. The number of hydrogen-bond acceptors (Lipinski definition) is 4. The topological polar surface area (TPSA) is 58.6 Å². The third-order valence-corrected chi connectivity index (χ3v) is 5.84. The Labute approximate surface area is 191 Å². The molecular formula is C24H20Br2N2O2. The Bertz CT molecular complexity index is 1250. The molecule has 152 valence electrons. The summed E-state index contributed by atoms with van der Waals surface area (Å²) < 4.78 is 7.44. The molecule has 0 amide bonds. The van der Waals surface area contributed by atoms with Crippen LogP contribution < -0.4 is 0 Å². The molecule has 0 aliphatic rings. The van der Waals surface area contributed by atoms with E-state index >= 15 is 0 Å². The molecule has 0 spiro atoms. The normalized spacial score (nSPS) is 12.2. The van der Waals surface area contributed by atoms with Gasteiger partial charge in [0.05, 0.1) is 10.2 Å². The van der Waals surface area contributed by atoms with Crippen LogP contribution in [0.15, 0.2) is 73.0 Å². The SMILES string of the molecule is CC(C)(C)c1ccc(-c2nc3ccc(N=Cc4cc(Br)cc(Br)c4O)cc3o2)cc1. The highest BCUT2D eigenvalue weighted by atomic mass is 79.9. The first-order valence-electron chi connectivity index (χ1n) is 9.44. The molecular weight excluding hydrogens is 508 g/mol. The number of hydrogen-bond donors (Lipinski definition) is 1. The molecule has 0 atom stereocenters. The Morgan fingerprint density at radius 3 is 2.43 bits per heavy atom. The van der Waals surface area contributed by atoms with Crippen molar-refractivity contribution in [2.75, 3.05) is 0 Å². The van der Waals surface area contributed by atoms with Crippen molar-refractivity contribution in [1.29, 1.82) is 0 Å². The summed E-state index contributed by atoms with van der Waals surface area (Å²) in [6.45, 7) is 6.57. The minimum Gasteiger partial charge on any atom is -0.506 e. The van der Waals surface area contributed by atoms with Crippen LogP contribution in [0.25, 0.3) is 22.6 Å². The Hall–Kier alpha value is -2.44. The van der Waals surface area contributed by atoms with Crippen molar-refractivity contribution in [1.82, 2.24) is 4.98 Å². The highest BCUT2D eigenvalue weighted by Gasteiger charge is 2.15. The van der Waals surface area contributed by atoms with Crippen molar-refractivity contribution in [3.05, 3.63) is 74.7 Å². The van der Waals surface area contributed by atoms with E-state index in [1.54, 1.807) is 18.3 Å². The number of phenolic OH excluding ortho intramolecular Hbond substituents is 1. The van der Waals surface area contributed by atoms with Gasteiger partial charge in [-0.05, 0) is 63.3 Å². The number of phenols is 1. The van der Waals surface area contributed by atoms with Gasteiger partial charge >= 0.3 is 0 Å². The van der Waals surface area contributed by atoms with Gasteiger partial charge in [0.2, 0.25) is 5.89 Å². The molecule has 4 aromatic rings. The number of rotatable bonds is 3. The first-order chi connectivity index (χ1) is 14.2. The van der Waals surface area contributed by atoms with Crippen LogP contribution in [-0.2, 0) is 5.41 Å². The van der Waals surface area contributed by atoms with Crippen molar-refractivity contribution in [2.24, 2.45) is 4.99 Å². The predicted octanol–water partition coefficient (Wildman–Crippen LogP) is 7.77. The monoisotopic (exact) mass is 526 g/mol. The quantitative estimate of drug-likeness (QED) is 0.277. The van der Waals surface area contributed by atoms with Gasteiger partial charge in [-0.1, -0.05) is 48.8 Å². The number of aromatic hydroxyl groups is 1. The number of aromatic nitrogens is 1. The molecule has 0 aliphatic heterocycles. The van der Waals surface area contributed by atoms with Crippen LogP contribution in [0.2, 0.25) is 0 Å². The molecule has 0 saturated carbocycles. The van der Waals surface area contributed by atoms with E-state index in [-0.39, 0.29) is 11.2 Å². The van der Waals surface area contributed by atoms with Gasteiger partial charge in [0.1, 0.15) is 11.3 Å². The van der Waals surface area contributed by atoms with E-state index in [2.05, 4.69) is 74.7 Å². The summed E-state index contributed by atoms with van der Waals surface area (Å²) in [5.41, 5.74) is 5.06. The molecule has 0 fully saturated rings. The van der Waals surface area contributed by atoms with Gasteiger partial charge in [-0.3, -0.25) is 4.99 Å². The minimum absolute atomic E-state index is 0.102. The molecule has 0 saturated heterocycles. The zero-order valence-electron chi connectivity index (χ0n) is 16.8. The maximum absolute atomic E-state index is 10.2. The van der Waals surface area contributed by atoms with Gasteiger partial charge in [0.15, 0.2) is 5.58 Å². The number of benzene rings is 3. The molecule has 0 aliphatic carbocycles. The van der Waals surface area contributed by atoms with E-state index in [1.165, 1.54) is 5.56 Å². The molecule has 0 unspecified atom stereocenters. The molecule has 4 rings (SSSR count). The summed E-state index contributed by atoms with van der Waals surface area (Å²) in [7, 11) is 0. The lowest BCUT2D eigenvalue weighted by molar-refractivity contribution is 0.471. The lowest BCUT2D eigenvalue weighted by Crippen LogP contribution is -2.10. The second kappa shape index (κ2) is 8.00. The average molecular weight is 528 g/mol. The third-order valence-electron chi connectivity index (χ3n) is 4.78. The number of fused-ring (bicyclic) bond motifs is 1. The number of oxazole rings is 1. The van der Waals surface area contributed by atoms with Crippen LogP contribution in [-0.4, -0.2) is 16.3 Å². The van der Waals surface area contributed by atoms with Crippen LogP contribution >= 0.6 is 31.9 Å². The smallest absolute Gasteiger partial charge is 0.227 e. The minimum atomic E-state index is 0.102. The number of aliphatic imine (C=N–C) groups is 1. The Morgan fingerprint density at radius 2 is 1.73 bits per heavy atom.